The predicted molar refractivity (Wildman–Crippen MR) is 71.8 cm³/mol. The van der Waals surface area contributed by atoms with Crippen molar-refractivity contribution in [3.05, 3.63) is 59.7 Å². The van der Waals surface area contributed by atoms with Gasteiger partial charge in [-0.3, -0.25) is 0 Å². The van der Waals surface area contributed by atoms with Gasteiger partial charge in [0.15, 0.2) is 0 Å². The quantitative estimate of drug-likeness (QED) is 0.602. The van der Waals surface area contributed by atoms with Crippen molar-refractivity contribution < 1.29 is 0 Å². The van der Waals surface area contributed by atoms with Gasteiger partial charge >= 0.3 is 0 Å². The van der Waals surface area contributed by atoms with Gasteiger partial charge in [0.1, 0.15) is 4.33 Å². The maximum atomic E-state index is 6.43. The standard InChI is InChI=1S/C15H10Cl2/c16-15(17)13-11-7-3-1-5-9(11)10-6-2-4-8-12(10)14(13)15/h1-8,13-14H/t13-,14+. The maximum absolute atomic E-state index is 6.43. The Balaban J connectivity index is 2.07. The number of hydrogen-bond donors (Lipinski definition) is 0. The van der Waals surface area contributed by atoms with Crippen LogP contribution >= 0.6 is 23.2 Å². The third-order valence-electron chi connectivity index (χ3n) is 3.94. The lowest BCUT2D eigenvalue weighted by atomic mass is 9.86. The molecule has 4 rings (SSSR count). The molecule has 0 heterocycles. The molecule has 2 aromatic carbocycles. The van der Waals surface area contributed by atoms with Crippen LogP contribution in [0.25, 0.3) is 11.1 Å². The van der Waals surface area contributed by atoms with E-state index in [0.29, 0.717) is 0 Å². The lowest BCUT2D eigenvalue weighted by Gasteiger charge is -2.17. The number of halogens is 2. The van der Waals surface area contributed by atoms with Crippen molar-refractivity contribution >= 4 is 23.2 Å². The Kier molecular flexibility index (Phi) is 1.80. The zero-order chi connectivity index (χ0) is 11.6. The van der Waals surface area contributed by atoms with Crippen LogP contribution in [0.5, 0.6) is 0 Å². The van der Waals surface area contributed by atoms with E-state index in [4.69, 9.17) is 23.2 Å². The molecule has 0 amide bonds. The highest BCUT2D eigenvalue weighted by Gasteiger charge is 2.66. The van der Waals surface area contributed by atoms with E-state index in [1.54, 1.807) is 0 Å². The van der Waals surface area contributed by atoms with E-state index in [2.05, 4.69) is 48.5 Å². The van der Waals surface area contributed by atoms with Gasteiger partial charge in [-0.1, -0.05) is 48.5 Å². The van der Waals surface area contributed by atoms with Gasteiger partial charge in [-0.2, -0.15) is 0 Å². The topological polar surface area (TPSA) is 0 Å². The molecule has 84 valence electrons. The average molecular weight is 261 g/mol. The Morgan fingerprint density at radius 1 is 0.706 bits per heavy atom. The van der Waals surface area contributed by atoms with Crippen LogP contribution in [0, 0.1) is 0 Å². The maximum Gasteiger partial charge on any atom is 0.133 e. The fraction of sp³-hybridized carbons (Fsp3) is 0.200. The van der Waals surface area contributed by atoms with Crippen molar-refractivity contribution in [1.29, 1.82) is 0 Å². The van der Waals surface area contributed by atoms with E-state index >= 15 is 0 Å². The molecule has 0 radical (unpaired) electrons. The first-order valence-corrected chi connectivity index (χ1v) is 6.53. The van der Waals surface area contributed by atoms with Gasteiger partial charge in [-0.25, -0.2) is 0 Å². The summed E-state index contributed by atoms with van der Waals surface area (Å²) in [6.07, 6.45) is 0. The average Bonchev–Trinajstić information content (AvgIpc) is 2.94. The molecule has 1 saturated carbocycles. The molecule has 0 unspecified atom stereocenters. The van der Waals surface area contributed by atoms with Crippen molar-refractivity contribution in [2.24, 2.45) is 0 Å². The number of benzene rings is 2. The minimum atomic E-state index is -0.622. The molecule has 0 nitrogen and oxygen atoms in total. The molecule has 0 saturated heterocycles. The predicted octanol–water partition coefficient (Wildman–Crippen LogP) is 4.72. The normalized spacial score (nSPS) is 26.7. The van der Waals surface area contributed by atoms with Gasteiger partial charge < -0.3 is 0 Å². The smallest absolute Gasteiger partial charge is 0.100 e. The lowest BCUT2D eigenvalue weighted by molar-refractivity contribution is 1.01. The van der Waals surface area contributed by atoms with Crippen molar-refractivity contribution in [3.63, 3.8) is 0 Å². The molecule has 1 fully saturated rings. The first-order valence-electron chi connectivity index (χ1n) is 5.77. The summed E-state index contributed by atoms with van der Waals surface area (Å²) in [4.78, 5) is 0. The number of fused-ring (bicyclic) bond motifs is 6. The lowest BCUT2D eigenvalue weighted by Crippen LogP contribution is -1.98. The second kappa shape index (κ2) is 3.07. The third kappa shape index (κ3) is 1.15. The Bertz CT molecular complexity index is 562. The van der Waals surface area contributed by atoms with Crippen molar-refractivity contribution in [1.82, 2.24) is 0 Å². The van der Waals surface area contributed by atoms with E-state index in [1.165, 1.54) is 22.3 Å². The number of alkyl halides is 2. The minimum absolute atomic E-state index is 0.261. The van der Waals surface area contributed by atoms with E-state index in [9.17, 15) is 0 Å². The van der Waals surface area contributed by atoms with E-state index in [0.717, 1.165) is 0 Å². The number of rotatable bonds is 0. The summed E-state index contributed by atoms with van der Waals surface area (Å²) in [6.45, 7) is 0. The SMILES string of the molecule is ClC1(Cl)[C@@H]2c3ccccc3-c3ccccc3[C@@H]21. The van der Waals surface area contributed by atoms with E-state index in [1.807, 2.05) is 0 Å². The van der Waals surface area contributed by atoms with Crippen LogP contribution in [-0.2, 0) is 0 Å². The molecule has 2 aliphatic rings. The fourth-order valence-corrected chi connectivity index (χ4v) is 3.98. The first-order chi connectivity index (χ1) is 8.21. The fourth-order valence-electron chi connectivity index (χ4n) is 3.13. The molecule has 0 aliphatic heterocycles. The van der Waals surface area contributed by atoms with Gasteiger partial charge in [-0.15, -0.1) is 23.2 Å². The second-order valence-corrected chi connectivity index (χ2v) is 6.25. The van der Waals surface area contributed by atoms with Crippen LogP contribution in [0.1, 0.15) is 23.0 Å². The van der Waals surface area contributed by atoms with Gasteiger partial charge in [0.25, 0.3) is 0 Å². The van der Waals surface area contributed by atoms with Crippen LogP contribution in [0.3, 0.4) is 0 Å². The molecule has 0 bridgehead atoms. The summed E-state index contributed by atoms with van der Waals surface area (Å²) in [5, 5.41) is 0. The monoisotopic (exact) mass is 260 g/mol. The second-order valence-electron chi connectivity index (χ2n) is 4.80. The van der Waals surface area contributed by atoms with Gasteiger partial charge in [0.05, 0.1) is 0 Å². The van der Waals surface area contributed by atoms with Crippen LogP contribution in [0.4, 0.5) is 0 Å². The summed E-state index contributed by atoms with van der Waals surface area (Å²) < 4.78 is -0.622. The zero-order valence-corrected chi connectivity index (χ0v) is 10.5. The third-order valence-corrected chi connectivity index (χ3v) is 4.88. The van der Waals surface area contributed by atoms with Gasteiger partial charge in [-0.05, 0) is 22.3 Å². The Labute approximate surface area is 110 Å². The Hall–Kier alpha value is -0.980. The molecule has 2 heteroatoms. The number of hydrogen-bond acceptors (Lipinski definition) is 0. The van der Waals surface area contributed by atoms with Gasteiger partial charge in [0, 0.05) is 11.8 Å². The molecule has 0 aromatic heterocycles. The molecule has 0 spiro atoms. The van der Waals surface area contributed by atoms with E-state index in [-0.39, 0.29) is 11.8 Å². The van der Waals surface area contributed by atoms with Crippen LogP contribution in [-0.4, -0.2) is 4.33 Å². The van der Waals surface area contributed by atoms with Gasteiger partial charge in [0.2, 0.25) is 0 Å². The molecule has 0 N–H and O–H groups in total. The molecule has 2 aromatic rings. The summed E-state index contributed by atoms with van der Waals surface area (Å²) in [5.74, 6) is 0.522. The summed E-state index contributed by atoms with van der Waals surface area (Å²) >= 11 is 12.9. The molecular weight excluding hydrogens is 251 g/mol. The summed E-state index contributed by atoms with van der Waals surface area (Å²) in [6, 6.07) is 16.9. The van der Waals surface area contributed by atoms with Crippen LogP contribution < -0.4 is 0 Å². The first kappa shape index (κ1) is 9.99. The summed E-state index contributed by atoms with van der Waals surface area (Å²) in [5.41, 5.74) is 5.16. The highest BCUT2D eigenvalue weighted by atomic mass is 35.5. The Morgan fingerprint density at radius 2 is 1.12 bits per heavy atom. The molecule has 2 aliphatic carbocycles. The van der Waals surface area contributed by atoms with Crippen molar-refractivity contribution in [3.8, 4) is 11.1 Å². The minimum Gasteiger partial charge on any atom is -0.100 e. The largest absolute Gasteiger partial charge is 0.133 e. The van der Waals surface area contributed by atoms with Crippen LogP contribution in [0.15, 0.2) is 48.5 Å². The van der Waals surface area contributed by atoms with Crippen molar-refractivity contribution in [2.45, 2.75) is 16.2 Å². The van der Waals surface area contributed by atoms with E-state index < -0.39 is 4.33 Å². The molecule has 17 heavy (non-hydrogen) atoms. The zero-order valence-electron chi connectivity index (χ0n) is 9.03. The highest BCUT2D eigenvalue weighted by molar-refractivity contribution is 6.52. The summed E-state index contributed by atoms with van der Waals surface area (Å²) in [7, 11) is 0. The Morgan fingerprint density at radius 3 is 1.59 bits per heavy atom. The molecular formula is C15H10Cl2. The highest BCUT2D eigenvalue weighted by Crippen LogP contribution is 2.74. The molecule has 2 atom stereocenters. The van der Waals surface area contributed by atoms with Crippen molar-refractivity contribution in [2.75, 3.05) is 0 Å². The van der Waals surface area contributed by atoms with Crippen LogP contribution in [0.2, 0.25) is 0 Å².